The van der Waals surface area contributed by atoms with Crippen molar-refractivity contribution in [3.63, 3.8) is 0 Å². The summed E-state index contributed by atoms with van der Waals surface area (Å²) in [6.07, 6.45) is 5.26. The lowest BCUT2D eigenvalue weighted by atomic mass is 10.0. The summed E-state index contributed by atoms with van der Waals surface area (Å²) in [5.74, 6) is 0.470. The summed E-state index contributed by atoms with van der Waals surface area (Å²) in [4.78, 5) is 4.06. The van der Waals surface area contributed by atoms with E-state index in [4.69, 9.17) is 17.3 Å². The monoisotopic (exact) mass is 251 g/mol. The average molecular weight is 252 g/mol. The lowest BCUT2D eigenvalue weighted by Gasteiger charge is -2.16. The Morgan fingerprint density at radius 1 is 1.47 bits per heavy atom. The van der Waals surface area contributed by atoms with Gasteiger partial charge in [0.05, 0.1) is 17.3 Å². The molecule has 0 aliphatic rings. The van der Waals surface area contributed by atoms with Crippen molar-refractivity contribution in [3.8, 4) is 0 Å². The van der Waals surface area contributed by atoms with Crippen LogP contribution in [-0.4, -0.2) is 21.8 Å². The number of rotatable bonds is 3. The number of halogens is 1. The molecule has 0 aliphatic carbocycles. The molecular formula is C11H14ClN5. The van der Waals surface area contributed by atoms with Crippen molar-refractivity contribution in [3.05, 3.63) is 40.8 Å². The van der Waals surface area contributed by atoms with Gasteiger partial charge in [-0.1, -0.05) is 11.6 Å². The number of aryl methyl sites for hydroxylation is 1. The minimum absolute atomic E-state index is 0.0603. The third kappa shape index (κ3) is 2.40. The minimum Gasteiger partial charge on any atom is -0.383 e. The molecule has 0 saturated heterocycles. The van der Waals surface area contributed by atoms with Crippen LogP contribution in [0.3, 0.4) is 0 Å². The second kappa shape index (κ2) is 4.73. The van der Waals surface area contributed by atoms with Crippen molar-refractivity contribution < 1.29 is 0 Å². The summed E-state index contributed by atoms with van der Waals surface area (Å²) in [6, 6.07) is 1.76. The number of nitrogen functional groups attached to an aromatic ring is 1. The van der Waals surface area contributed by atoms with Crippen LogP contribution in [0.1, 0.15) is 17.2 Å². The Hall–Kier alpha value is -1.59. The Kier molecular flexibility index (Phi) is 3.31. The van der Waals surface area contributed by atoms with Crippen LogP contribution in [0, 0.1) is 0 Å². The first-order valence-electron chi connectivity index (χ1n) is 5.18. The van der Waals surface area contributed by atoms with Crippen LogP contribution in [-0.2, 0) is 7.05 Å². The predicted octanol–water partition coefficient (Wildman–Crippen LogP) is 1.36. The van der Waals surface area contributed by atoms with Crippen LogP contribution in [0.25, 0.3) is 0 Å². The normalized spacial score (nSPS) is 12.6. The Balaban J connectivity index is 2.45. The molecule has 0 spiro atoms. The van der Waals surface area contributed by atoms with E-state index in [-0.39, 0.29) is 6.04 Å². The molecule has 0 saturated carbocycles. The van der Waals surface area contributed by atoms with Gasteiger partial charge in [-0.2, -0.15) is 5.10 Å². The predicted molar refractivity (Wildman–Crippen MR) is 67.8 cm³/mol. The molecule has 0 aromatic carbocycles. The van der Waals surface area contributed by atoms with E-state index in [2.05, 4.69) is 15.4 Å². The summed E-state index contributed by atoms with van der Waals surface area (Å²) in [7, 11) is 3.73. The first-order valence-corrected chi connectivity index (χ1v) is 5.56. The fourth-order valence-electron chi connectivity index (χ4n) is 1.79. The summed E-state index contributed by atoms with van der Waals surface area (Å²) in [6.45, 7) is 0. The zero-order valence-corrected chi connectivity index (χ0v) is 10.4. The van der Waals surface area contributed by atoms with Crippen molar-refractivity contribution in [2.75, 3.05) is 12.8 Å². The summed E-state index contributed by atoms with van der Waals surface area (Å²) >= 11 is 5.94. The largest absolute Gasteiger partial charge is 0.383 e. The van der Waals surface area contributed by atoms with Gasteiger partial charge in [-0.3, -0.25) is 4.68 Å². The van der Waals surface area contributed by atoms with Gasteiger partial charge in [0, 0.05) is 30.6 Å². The maximum absolute atomic E-state index is 5.94. The highest BCUT2D eigenvalue weighted by Gasteiger charge is 2.17. The van der Waals surface area contributed by atoms with Gasteiger partial charge in [0.2, 0.25) is 0 Å². The van der Waals surface area contributed by atoms with Crippen LogP contribution in [0.2, 0.25) is 5.02 Å². The molecule has 0 aliphatic heterocycles. The van der Waals surface area contributed by atoms with E-state index >= 15 is 0 Å². The van der Waals surface area contributed by atoms with Gasteiger partial charge in [0.15, 0.2) is 0 Å². The minimum atomic E-state index is -0.0603. The Morgan fingerprint density at radius 2 is 2.24 bits per heavy atom. The van der Waals surface area contributed by atoms with Crippen LogP contribution < -0.4 is 11.1 Å². The number of nitrogens with one attached hydrogen (secondary N) is 1. The number of pyridine rings is 1. The van der Waals surface area contributed by atoms with Crippen molar-refractivity contribution in [2.24, 2.45) is 7.05 Å². The van der Waals surface area contributed by atoms with Crippen LogP contribution in [0.4, 0.5) is 5.82 Å². The van der Waals surface area contributed by atoms with Gasteiger partial charge < -0.3 is 11.1 Å². The van der Waals surface area contributed by atoms with Gasteiger partial charge in [0.1, 0.15) is 5.82 Å². The zero-order valence-electron chi connectivity index (χ0n) is 9.68. The number of hydrogen-bond acceptors (Lipinski definition) is 4. The van der Waals surface area contributed by atoms with Gasteiger partial charge in [-0.25, -0.2) is 4.98 Å². The molecule has 0 bridgehead atoms. The van der Waals surface area contributed by atoms with Crippen LogP contribution >= 0.6 is 11.6 Å². The van der Waals surface area contributed by atoms with Crippen molar-refractivity contribution in [1.29, 1.82) is 0 Å². The highest BCUT2D eigenvalue weighted by Crippen LogP contribution is 2.26. The molecule has 2 aromatic heterocycles. The molecule has 2 rings (SSSR count). The van der Waals surface area contributed by atoms with Gasteiger partial charge >= 0.3 is 0 Å². The molecule has 1 unspecified atom stereocenters. The second-order valence-electron chi connectivity index (χ2n) is 3.80. The van der Waals surface area contributed by atoms with E-state index in [0.717, 1.165) is 11.1 Å². The quantitative estimate of drug-likeness (QED) is 0.864. The number of nitrogens with two attached hydrogens (primary N) is 1. The van der Waals surface area contributed by atoms with Crippen LogP contribution in [0.5, 0.6) is 0 Å². The van der Waals surface area contributed by atoms with Gasteiger partial charge in [-0.05, 0) is 13.1 Å². The molecule has 90 valence electrons. The number of hydrogen-bond donors (Lipinski definition) is 2. The fraction of sp³-hybridized carbons (Fsp3) is 0.273. The zero-order chi connectivity index (χ0) is 12.4. The molecule has 3 N–H and O–H groups in total. The Labute approximate surface area is 105 Å². The van der Waals surface area contributed by atoms with E-state index < -0.39 is 0 Å². The highest BCUT2D eigenvalue weighted by molar-refractivity contribution is 6.30. The molecule has 2 aromatic rings. The molecule has 0 amide bonds. The Morgan fingerprint density at radius 3 is 2.82 bits per heavy atom. The maximum Gasteiger partial charge on any atom is 0.128 e. The lowest BCUT2D eigenvalue weighted by molar-refractivity contribution is 0.689. The molecule has 1 atom stereocenters. The molecule has 0 radical (unpaired) electrons. The average Bonchev–Trinajstić information content (AvgIpc) is 2.71. The Bertz CT molecular complexity index is 522. The molecule has 5 nitrogen and oxygen atoms in total. The maximum atomic E-state index is 5.94. The van der Waals surface area contributed by atoms with Crippen LogP contribution in [0.15, 0.2) is 24.7 Å². The standard InChI is InChI=1S/C11H14ClN5/c1-14-10(7-4-16-17(2)6-7)9-3-8(12)5-15-11(9)13/h3-6,10,14H,1-2H3,(H2,13,15). The van der Waals surface area contributed by atoms with E-state index in [1.165, 1.54) is 6.20 Å². The number of nitrogens with zero attached hydrogens (tertiary/aromatic N) is 3. The molecule has 6 heteroatoms. The van der Waals surface area contributed by atoms with E-state index in [1.54, 1.807) is 10.9 Å². The van der Waals surface area contributed by atoms with Gasteiger partial charge in [-0.15, -0.1) is 0 Å². The first-order chi connectivity index (χ1) is 8.11. The van der Waals surface area contributed by atoms with E-state index in [9.17, 15) is 0 Å². The third-order valence-electron chi connectivity index (χ3n) is 2.57. The van der Waals surface area contributed by atoms with Crippen molar-refractivity contribution >= 4 is 17.4 Å². The summed E-state index contributed by atoms with van der Waals surface area (Å²) < 4.78 is 1.74. The van der Waals surface area contributed by atoms with Crippen molar-refractivity contribution in [1.82, 2.24) is 20.1 Å². The van der Waals surface area contributed by atoms with Gasteiger partial charge in [0.25, 0.3) is 0 Å². The first kappa shape index (κ1) is 11.9. The molecule has 17 heavy (non-hydrogen) atoms. The van der Waals surface area contributed by atoms with Crippen molar-refractivity contribution in [2.45, 2.75) is 6.04 Å². The summed E-state index contributed by atoms with van der Waals surface area (Å²) in [5.41, 5.74) is 7.75. The molecular weight excluding hydrogens is 238 g/mol. The molecule has 2 heterocycles. The highest BCUT2D eigenvalue weighted by atomic mass is 35.5. The number of aromatic nitrogens is 3. The topological polar surface area (TPSA) is 68.8 Å². The second-order valence-corrected chi connectivity index (χ2v) is 4.23. The fourth-order valence-corrected chi connectivity index (χ4v) is 1.95. The smallest absolute Gasteiger partial charge is 0.128 e. The summed E-state index contributed by atoms with van der Waals surface area (Å²) in [5, 5.41) is 7.90. The lowest BCUT2D eigenvalue weighted by Crippen LogP contribution is -2.19. The number of anilines is 1. The van der Waals surface area contributed by atoms with E-state index in [1.807, 2.05) is 26.4 Å². The SMILES string of the molecule is CNC(c1cnn(C)c1)c1cc(Cl)cnc1N. The molecule has 0 fully saturated rings. The third-order valence-corrected chi connectivity index (χ3v) is 2.78. The van der Waals surface area contributed by atoms with E-state index in [0.29, 0.717) is 10.8 Å².